The average molecular weight is 400 g/mol. The minimum Gasteiger partial charge on any atom is -0.482 e. The summed E-state index contributed by atoms with van der Waals surface area (Å²) >= 11 is 9.25. The summed E-state index contributed by atoms with van der Waals surface area (Å²) in [5.74, 6) is 1.33. The number of benzene rings is 2. The lowest BCUT2D eigenvalue weighted by molar-refractivity contribution is -0.147. The number of halogens is 2. The van der Waals surface area contributed by atoms with Gasteiger partial charge in [-0.3, -0.25) is 0 Å². The van der Waals surface area contributed by atoms with E-state index in [2.05, 4.69) is 15.9 Å². The molecule has 1 aliphatic heterocycles. The molecule has 7 heteroatoms. The van der Waals surface area contributed by atoms with Crippen molar-refractivity contribution in [3.8, 4) is 17.2 Å². The van der Waals surface area contributed by atoms with Crippen molar-refractivity contribution in [2.45, 2.75) is 6.61 Å². The van der Waals surface area contributed by atoms with Gasteiger partial charge in [0.25, 0.3) is 0 Å². The van der Waals surface area contributed by atoms with Crippen LogP contribution in [0.25, 0.3) is 0 Å². The van der Waals surface area contributed by atoms with Gasteiger partial charge in [0, 0.05) is 15.1 Å². The highest BCUT2D eigenvalue weighted by Gasteiger charge is 2.17. The summed E-state index contributed by atoms with van der Waals surface area (Å²) < 4.78 is 21.9. The smallest absolute Gasteiger partial charge is 0.344 e. The largest absolute Gasteiger partial charge is 0.482 e. The third-order valence-electron chi connectivity index (χ3n) is 3.08. The van der Waals surface area contributed by atoms with E-state index in [1.807, 2.05) is 0 Å². The van der Waals surface area contributed by atoms with Crippen molar-refractivity contribution in [3.05, 3.63) is 51.5 Å². The van der Waals surface area contributed by atoms with Crippen molar-refractivity contribution in [2.75, 3.05) is 13.4 Å². The summed E-state index contributed by atoms with van der Waals surface area (Å²) in [6.07, 6.45) is 0. The van der Waals surface area contributed by atoms with Crippen LogP contribution >= 0.6 is 27.5 Å². The van der Waals surface area contributed by atoms with E-state index >= 15 is 0 Å². The van der Waals surface area contributed by atoms with Gasteiger partial charge in [0.2, 0.25) is 6.79 Å². The zero-order valence-corrected chi connectivity index (χ0v) is 14.2. The Morgan fingerprint density at radius 1 is 1.22 bits per heavy atom. The van der Waals surface area contributed by atoms with Gasteiger partial charge in [-0.1, -0.05) is 33.6 Å². The molecule has 23 heavy (non-hydrogen) atoms. The first-order valence-corrected chi connectivity index (χ1v) is 7.91. The Balaban J connectivity index is 1.53. The Morgan fingerprint density at radius 2 is 2.00 bits per heavy atom. The molecular formula is C16H12BrClO5. The second-order valence-corrected chi connectivity index (χ2v) is 5.99. The van der Waals surface area contributed by atoms with Crippen LogP contribution in [-0.4, -0.2) is 19.4 Å². The minimum atomic E-state index is -0.477. The summed E-state index contributed by atoms with van der Waals surface area (Å²) in [4.78, 5) is 11.8. The molecule has 0 radical (unpaired) electrons. The number of fused-ring (bicyclic) bond motifs is 1. The van der Waals surface area contributed by atoms with Crippen LogP contribution in [0, 0.1) is 0 Å². The zero-order valence-electron chi connectivity index (χ0n) is 11.9. The molecule has 0 unspecified atom stereocenters. The van der Waals surface area contributed by atoms with E-state index in [9.17, 15) is 4.79 Å². The van der Waals surface area contributed by atoms with Gasteiger partial charge < -0.3 is 18.9 Å². The monoisotopic (exact) mass is 398 g/mol. The first kappa shape index (κ1) is 16.0. The van der Waals surface area contributed by atoms with E-state index in [0.29, 0.717) is 22.3 Å². The summed E-state index contributed by atoms with van der Waals surface area (Å²) in [6.45, 7) is 0.107. The highest BCUT2D eigenvalue weighted by molar-refractivity contribution is 9.10. The van der Waals surface area contributed by atoms with Crippen LogP contribution in [0.3, 0.4) is 0 Å². The number of hydrogen-bond acceptors (Lipinski definition) is 5. The number of rotatable bonds is 5. The molecule has 0 saturated heterocycles. The summed E-state index contributed by atoms with van der Waals surface area (Å²) in [6, 6.07) is 10.4. The lowest BCUT2D eigenvalue weighted by atomic mass is 10.2. The van der Waals surface area contributed by atoms with Crippen LogP contribution in [0.4, 0.5) is 0 Å². The number of carbonyl (C=O) groups is 1. The van der Waals surface area contributed by atoms with Crippen LogP contribution in [0.5, 0.6) is 17.2 Å². The van der Waals surface area contributed by atoms with Gasteiger partial charge in [0.05, 0.1) is 0 Å². The molecule has 0 aliphatic carbocycles. The van der Waals surface area contributed by atoms with Gasteiger partial charge in [-0.05, 0) is 30.3 Å². The fourth-order valence-electron chi connectivity index (χ4n) is 1.97. The summed E-state index contributed by atoms with van der Waals surface area (Å²) in [7, 11) is 0. The molecule has 0 aromatic heterocycles. The third kappa shape index (κ3) is 4.09. The summed E-state index contributed by atoms with van der Waals surface area (Å²) in [5, 5.41) is 0.542. The Morgan fingerprint density at radius 3 is 2.78 bits per heavy atom. The van der Waals surface area contributed by atoms with Gasteiger partial charge in [0.15, 0.2) is 18.1 Å². The van der Waals surface area contributed by atoms with Crippen molar-refractivity contribution in [1.82, 2.24) is 0 Å². The Kier molecular flexibility index (Phi) is 4.93. The molecule has 0 spiro atoms. The number of hydrogen-bond donors (Lipinski definition) is 0. The van der Waals surface area contributed by atoms with Gasteiger partial charge in [-0.2, -0.15) is 0 Å². The van der Waals surface area contributed by atoms with Gasteiger partial charge in [-0.25, -0.2) is 4.79 Å². The molecule has 0 fully saturated rings. The van der Waals surface area contributed by atoms with Crippen molar-refractivity contribution < 1.29 is 23.7 Å². The van der Waals surface area contributed by atoms with Crippen molar-refractivity contribution >= 4 is 33.5 Å². The average Bonchev–Trinajstić information content (AvgIpc) is 2.97. The van der Waals surface area contributed by atoms with Gasteiger partial charge in [-0.15, -0.1) is 0 Å². The first-order chi connectivity index (χ1) is 11.1. The van der Waals surface area contributed by atoms with Crippen molar-refractivity contribution in [2.24, 2.45) is 0 Å². The quantitative estimate of drug-likeness (QED) is 0.713. The van der Waals surface area contributed by atoms with E-state index in [-0.39, 0.29) is 20.0 Å². The maximum absolute atomic E-state index is 11.8. The number of esters is 1. The standard InChI is InChI=1S/C16H12BrClO5/c17-13-6-15-14(22-9-23-15)4-10(13)7-21-16(19)8-20-12-3-1-2-11(18)5-12/h1-6H,7-9H2. The van der Waals surface area contributed by atoms with E-state index in [1.54, 1.807) is 36.4 Å². The van der Waals surface area contributed by atoms with Crippen LogP contribution in [0.1, 0.15) is 5.56 Å². The molecule has 2 aromatic carbocycles. The van der Waals surface area contributed by atoms with Gasteiger partial charge >= 0.3 is 5.97 Å². The number of carbonyl (C=O) groups excluding carboxylic acids is 1. The van der Waals surface area contributed by atoms with Crippen LogP contribution in [0.15, 0.2) is 40.9 Å². The van der Waals surface area contributed by atoms with Crippen LogP contribution < -0.4 is 14.2 Å². The highest BCUT2D eigenvalue weighted by Crippen LogP contribution is 2.37. The maximum atomic E-state index is 11.8. The highest BCUT2D eigenvalue weighted by atomic mass is 79.9. The van der Waals surface area contributed by atoms with E-state index in [4.69, 9.17) is 30.5 Å². The van der Waals surface area contributed by atoms with Crippen molar-refractivity contribution in [1.29, 1.82) is 0 Å². The lowest BCUT2D eigenvalue weighted by Gasteiger charge is -2.09. The predicted octanol–water partition coefficient (Wildman–Crippen LogP) is 3.95. The van der Waals surface area contributed by atoms with Crippen LogP contribution in [0.2, 0.25) is 5.02 Å². The molecule has 1 aliphatic rings. The SMILES string of the molecule is O=C(COc1cccc(Cl)c1)OCc1cc2c(cc1Br)OCO2. The summed E-state index contributed by atoms with van der Waals surface area (Å²) in [5.41, 5.74) is 0.783. The van der Waals surface area contributed by atoms with E-state index in [0.717, 1.165) is 10.0 Å². The minimum absolute atomic E-state index is 0.106. The van der Waals surface area contributed by atoms with E-state index < -0.39 is 5.97 Å². The molecule has 2 aromatic rings. The molecular weight excluding hydrogens is 388 g/mol. The molecule has 0 atom stereocenters. The normalized spacial score (nSPS) is 12.1. The Hall–Kier alpha value is -1.92. The number of ether oxygens (including phenoxy) is 4. The Labute approximate surface area is 146 Å². The molecule has 0 N–H and O–H groups in total. The molecule has 5 nitrogen and oxygen atoms in total. The topological polar surface area (TPSA) is 54.0 Å². The van der Waals surface area contributed by atoms with E-state index in [1.165, 1.54) is 0 Å². The molecule has 1 heterocycles. The molecule has 120 valence electrons. The molecule has 3 rings (SSSR count). The third-order valence-corrected chi connectivity index (χ3v) is 4.06. The van der Waals surface area contributed by atoms with Crippen LogP contribution in [-0.2, 0) is 16.1 Å². The lowest BCUT2D eigenvalue weighted by Crippen LogP contribution is -2.14. The maximum Gasteiger partial charge on any atom is 0.344 e. The second kappa shape index (κ2) is 7.10. The fourth-order valence-corrected chi connectivity index (χ4v) is 2.59. The van der Waals surface area contributed by atoms with Gasteiger partial charge in [0.1, 0.15) is 12.4 Å². The zero-order chi connectivity index (χ0) is 16.2. The predicted molar refractivity (Wildman–Crippen MR) is 87.0 cm³/mol. The molecule has 0 saturated carbocycles. The fraction of sp³-hybridized carbons (Fsp3) is 0.188. The Bertz CT molecular complexity index is 734. The van der Waals surface area contributed by atoms with Crippen molar-refractivity contribution in [3.63, 3.8) is 0 Å². The molecule has 0 amide bonds. The first-order valence-electron chi connectivity index (χ1n) is 6.74. The molecule has 0 bridgehead atoms. The second-order valence-electron chi connectivity index (χ2n) is 4.70.